The van der Waals surface area contributed by atoms with Crippen LogP contribution < -0.4 is 10.1 Å². The van der Waals surface area contributed by atoms with Crippen LogP contribution in [0.4, 0.5) is 0 Å². The number of carbonyl (C=O) groups excluding carboxylic acids is 1. The van der Waals surface area contributed by atoms with Gasteiger partial charge in [-0.15, -0.1) is 0 Å². The highest BCUT2D eigenvalue weighted by atomic mass is 32.2. The summed E-state index contributed by atoms with van der Waals surface area (Å²) in [6.07, 6.45) is 2.73. The molecule has 0 radical (unpaired) electrons. The molecule has 3 rings (SSSR count). The van der Waals surface area contributed by atoms with Gasteiger partial charge in [0, 0.05) is 29.4 Å². The van der Waals surface area contributed by atoms with Gasteiger partial charge in [-0.1, -0.05) is 18.2 Å². The highest BCUT2D eigenvalue weighted by Gasteiger charge is 2.45. The number of carbonyl (C=O) groups is 1. The van der Waals surface area contributed by atoms with Gasteiger partial charge in [-0.25, -0.2) is 4.79 Å². The molecule has 2 aliphatic heterocycles. The molecule has 0 spiro atoms. The van der Waals surface area contributed by atoms with Crippen LogP contribution in [0.5, 0.6) is 5.75 Å². The highest BCUT2D eigenvalue weighted by Crippen LogP contribution is 2.47. The van der Waals surface area contributed by atoms with Gasteiger partial charge in [0.05, 0.1) is 5.57 Å². The molecule has 2 heterocycles. The average molecular weight is 319 g/mol. The minimum atomic E-state index is -0.466. The van der Waals surface area contributed by atoms with Gasteiger partial charge < -0.3 is 14.8 Å². The van der Waals surface area contributed by atoms with E-state index in [-0.39, 0.29) is 11.9 Å². The zero-order valence-corrected chi connectivity index (χ0v) is 14.0. The summed E-state index contributed by atoms with van der Waals surface area (Å²) in [5, 5.41) is 3.34. The van der Waals surface area contributed by atoms with Crippen molar-refractivity contribution in [3.05, 3.63) is 41.1 Å². The van der Waals surface area contributed by atoms with Crippen LogP contribution in [0.25, 0.3) is 0 Å². The maximum absolute atomic E-state index is 12.5. The lowest BCUT2D eigenvalue weighted by molar-refractivity contribution is -0.139. The number of hydrogen-bond acceptors (Lipinski definition) is 5. The van der Waals surface area contributed by atoms with Gasteiger partial charge in [-0.05, 0) is 26.2 Å². The summed E-state index contributed by atoms with van der Waals surface area (Å²) in [6, 6.07) is 7.93. The predicted molar refractivity (Wildman–Crippen MR) is 88.0 cm³/mol. The molecule has 1 aromatic rings. The summed E-state index contributed by atoms with van der Waals surface area (Å²) in [6.45, 7) is 4.39. The molecule has 1 N–H and O–H groups in total. The van der Waals surface area contributed by atoms with E-state index in [0.717, 1.165) is 34.8 Å². The SMILES string of the molecule is CSCCOC(=O)C1=C(C)N[C@@]2(C)C[C@@H]1c1ccccc1O2. The number of rotatable bonds is 4. The van der Waals surface area contributed by atoms with Crippen molar-refractivity contribution in [2.75, 3.05) is 18.6 Å². The van der Waals surface area contributed by atoms with Crippen LogP contribution in [0, 0.1) is 0 Å². The Hall–Kier alpha value is -1.62. The van der Waals surface area contributed by atoms with E-state index in [1.165, 1.54) is 0 Å². The fourth-order valence-corrected chi connectivity index (χ4v) is 3.55. The summed E-state index contributed by atoms with van der Waals surface area (Å²) in [5.74, 6) is 1.46. The third kappa shape index (κ3) is 2.70. The molecule has 2 aliphatic rings. The lowest BCUT2D eigenvalue weighted by Crippen LogP contribution is -2.54. The van der Waals surface area contributed by atoms with Crippen molar-refractivity contribution in [1.29, 1.82) is 0 Å². The molecular weight excluding hydrogens is 298 g/mol. The largest absolute Gasteiger partial charge is 0.468 e. The molecule has 118 valence electrons. The maximum atomic E-state index is 12.5. The van der Waals surface area contributed by atoms with E-state index in [2.05, 4.69) is 5.32 Å². The van der Waals surface area contributed by atoms with Crippen molar-refractivity contribution < 1.29 is 14.3 Å². The van der Waals surface area contributed by atoms with E-state index in [1.54, 1.807) is 11.8 Å². The molecule has 0 saturated heterocycles. The average Bonchev–Trinajstić information content (AvgIpc) is 2.46. The summed E-state index contributed by atoms with van der Waals surface area (Å²) in [5.41, 5.74) is 2.18. The molecule has 2 atom stereocenters. The zero-order chi connectivity index (χ0) is 15.7. The molecule has 0 aromatic heterocycles. The molecule has 5 heteroatoms. The van der Waals surface area contributed by atoms with E-state index in [0.29, 0.717) is 6.61 Å². The first-order valence-electron chi connectivity index (χ1n) is 7.47. The third-order valence-corrected chi connectivity index (χ3v) is 4.74. The highest BCUT2D eigenvalue weighted by molar-refractivity contribution is 7.98. The van der Waals surface area contributed by atoms with Crippen LogP contribution in [0.2, 0.25) is 0 Å². The summed E-state index contributed by atoms with van der Waals surface area (Å²) >= 11 is 1.67. The summed E-state index contributed by atoms with van der Waals surface area (Å²) in [4.78, 5) is 12.5. The normalized spacial score (nSPS) is 25.9. The van der Waals surface area contributed by atoms with Crippen molar-refractivity contribution in [2.45, 2.75) is 31.9 Å². The van der Waals surface area contributed by atoms with Crippen molar-refractivity contribution >= 4 is 17.7 Å². The fourth-order valence-electron chi connectivity index (χ4n) is 3.30. The molecule has 0 fully saturated rings. The Kier molecular flexibility index (Phi) is 4.08. The smallest absolute Gasteiger partial charge is 0.336 e. The molecule has 0 aliphatic carbocycles. The van der Waals surface area contributed by atoms with Crippen molar-refractivity contribution in [2.24, 2.45) is 0 Å². The third-order valence-electron chi connectivity index (χ3n) is 4.17. The Balaban J connectivity index is 1.94. The van der Waals surface area contributed by atoms with Crippen LogP contribution in [0.15, 0.2) is 35.5 Å². The number of esters is 1. The van der Waals surface area contributed by atoms with Gasteiger partial charge in [-0.2, -0.15) is 11.8 Å². The quantitative estimate of drug-likeness (QED) is 0.683. The Morgan fingerprint density at radius 1 is 1.50 bits per heavy atom. The van der Waals surface area contributed by atoms with Crippen LogP contribution in [-0.4, -0.2) is 30.3 Å². The van der Waals surface area contributed by atoms with Gasteiger partial charge >= 0.3 is 5.97 Å². The lowest BCUT2D eigenvalue weighted by Gasteiger charge is -2.45. The summed E-state index contributed by atoms with van der Waals surface area (Å²) in [7, 11) is 0. The van der Waals surface area contributed by atoms with E-state index < -0.39 is 5.72 Å². The van der Waals surface area contributed by atoms with E-state index in [1.807, 2.05) is 44.4 Å². The van der Waals surface area contributed by atoms with Crippen molar-refractivity contribution in [1.82, 2.24) is 5.32 Å². The Morgan fingerprint density at radius 3 is 3.05 bits per heavy atom. The first kappa shape index (κ1) is 15.3. The van der Waals surface area contributed by atoms with Gasteiger partial charge in [0.1, 0.15) is 12.4 Å². The van der Waals surface area contributed by atoms with Crippen molar-refractivity contribution in [3.63, 3.8) is 0 Å². The lowest BCUT2D eigenvalue weighted by atomic mass is 9.78. The number of fused-ring (bicyclic) bond motifs is 4. The molecule has 0 unspecified atom stereocenters. The van der Waals surface area contributed by atoms with Gasteiger partial charge in [-0.3, -0.25) is 0 Å². The molecule has 4 nitrogen and oxygen atoms in total. The maximum Gasteiger partial charge on any atom is 0.336 e. The minimum Gasteiger partial charge on any atom is -0.468 e. The second-order valence-electron chi connectivity index (χ2n) is 5.92. The number of nitrogens with one attached hydrogen (secondary N) is 1. The monoisotopic (exact) mass is 319 g/mol. The Morgan fingerprint density at radius 2 is 2.27 bits per heavy atom. The number of allylic oxidation sites excluding steroid dienone is 1. The van der Waals surface area contributed by atoms with Crippen molar-refractivity contribution in [3.8, 4) is 5.75 Å². The van der Waals surface area contributed by atoms with E-state index in [9.17, 15) is 4.79 Å². The summed E-state index contributed by atoms with van der Waals surface area (Å²) < 4.78 is 11.5. The van der Waals surface area contributed by atoms with Crippen LogP contribution in [0.3, 0.4) is 0 Å². The Bertz CT molecular complexity index is 628. The van der Waals surface area contributed by atoms with Crippen LogP contribution in [-0.2, 0) is 9.53 Å². The van der Waals surface area contributed by atoms with Crippen LogP contribution >= 0.6 is 11.8 Å². The molecule has 1 aromatic carbocycles. The number of thioether (sulfide) groups is 1. The van der Waals surface area contributed by atoms with Gasteiger partial charge in [0.2, 0.25) is 0 Å². The fraction of sp³-hybridized carbons (Fsp3) is 0.471. The predicted octanol–water partition coefficient (Wildman–Crippen LogP) is 3.05. The van der Waals surface area contributed by atoms with E-state index in [4.69, 9.17) is 9.47 Å². The molecule has 0 saturated carbocycles. The molecule has 2 bridgehead atoms. The number of para-hydroxylation sites is 1. The number of benzene rings is 1. The first-order chi connectivity index (χ1) is 10.5. The van der Waals surface area contributed by atoms with Gasteiger partial charge in [0.15, 0.2) is 5.72 Å². The zero-order valence-electron chi connectivity index (χ0n) is 13.1. The van der Waals surface area contributed by atoms with Crippen LogP contribution in [0.1, 0.15) is 31.7 Å². The number of hydrogen-bond donors (Lipinski definition) is 1. The minimum absolute atomic E-state index is 0.0259. The number of ether oxygens (including phenoxy) is 2. The Labute approximate surface area is 135 Å². The molecule has 0 amide bonds. The van der Waals surface area contributed by atoms with E-state index >= 15 is 0 Å². The standard InChI is InChI=1S/C17H21NO3S/c1-11-15(16(19)20-8-9-22-3)13-10-17(2,18-11)21-14-7-5-4-6-12(13)14/h4-7,13,18H,8-10H2,1-3H3/t13-,17-/m1/s1. The molecular formula is C17H21NO3S. The van der Waals surface area contributed by atoms with Gasteiger partial charge in [0.25, 0.3) is 0 Å². The topological polar surface area (TPSA) is 47.6 Å². The molecule has 22 heavy (non-hydrogen) atoms. The second-order valence-corrected chi connectivity index (χ2v) is 6.91. The second kappa shape index (κ2) is 5.88. The first-order valence-corrected chi connectivity index (χ1v) is 8.86.